The maximum Gasteiger partial charge on any atom is 0.255 e. The number of fused-ring (bicyclic) bond motifs is 1. The lowest BCUT2D eigenvalue weighted by Gasteiger charge is -2.29. The molecule has 1 aliphatic carbocycles. The minimum Gasteiger partial charge on any atom is -0.328 e. The maximum atomic E-state index is 13.0. The molecule has 3 atom stereocenters. The molecule has 2 heterocycles. The van der Waals surface area contributed by atoms with Crippen molar-refractivity contribution in [3.05, 3.63) is 34.9 Å². The van der Waals surface area contributed by atoms with Gasteiger partial charge >= 0.3 is 0 Å². The molecule has 1 saturated heterocycles. The molecule has 2 fully saturated rings. The number of nitrogens with zero attached hydrogens (tertiary/aromatic N) is 1. The van der Waals surface area contributed by atoms with Crippen LogP contribution in [0.4, 0.5) is 0 Å². The van der Waals surface area contributed by atoms with E-state index >= 15 is 0 Å². The van der Waals surface area contributed by atoms with E-state index in [0.29, 0.717) is 37.0 Å². The number of carbonyl (C=O) groups excluding carboxylic acids is 3. The van der Waals surface area contributed by atoms with Crippen LogP contribution in [0.1, 0.15) is 53.6 Å². The van der Waals surface area contributed by atoms with Crippen molar-refractivity contribution in [2.75, 3.05) is 6.54 Å². The average molecular weight is 370 g/mol. The number of hydrogen-bond acceptors (Lipinski definition) is 5. The Morgan fingerprint density at radius 1 is 1.19 bits per heavy atom. The Hall–Kier alpha value is -2.25. The number of nitrogens with one attached hydrogen (secondary N) is 2. The third kappa shape index (κ3) is 3.61. The monoisotopic (exact) mass is 370 g/mol. The fourth-order valence-electron chi connectivity index (χ4n) is 4.55. The van der Waals surface area contributed by atoms with Crippen molar-refractivity contribution >= 4 is 17.7 Å². The van der Waals surface area contributed by atoms with E-state index in [2.05, 4.69) is 10.6 Å². The summed E-state index contributed by atoms with van der Waals surface area (Å²) in [5.74, 6) is -0.145. The summed E-state index contributed by atoms with van der Waals surface area (Å²) in [6.07, 6.45) is 3.96. The Kier molecular flexibility index (Phi) is 4.97. The van der Waals surface area contributed by atoms with Gasteiger partial charge in [-0.25, -0.2) is 0 Å². The lowest BCUT2D eigenvalue weighted by molar-refractivity contribution is -0.136. The smallest absolute Gasteiger partial charge is 0.255 e. The summed E-state index contributed by atoms with van der Waals surface area (Å²) < 4.78 is 0. The van der Waals surface area contributed by atoms with E-state index in [1.54, 1.807) is 4.90 Å². The Bertz CT molecular complexity index is 778. The fourth-order valence-corrected chi connectivity index (χ4v) is 4.55. The first kappa shape index (κ1) is 18.1. The Balaban J connectivity index is 1.43. The van der Waals surface area contributed by atoms with Gasteiger partial charge in [-0.15, -0.1) is 0 Å². The second kappa shape index (κ2) is 7.40. The highest BCUT2D eigenvalue weighted by molar-refractivity contribution is 6.05. The molecule has 7 nitrogen and oxygen atoms in total. The van der Waals surface area contributed by atoms with Crippen molar-refractivity contribution < 1.29 is 14.4 Å². The first-order valence-corrected chi connectivity index (χ1v) is 9.74. The minimum absolute atomic E-state index is 0.111. The number of imide groups is 1. The van der Waals surface area contributed by atoms with E-state index in [9.17, 15) is 14.4 Å². The first-order chi connectivity index (χ1) is 13.0. The van der Waals surface area contributed by atoms with Crippen LogP contribution in [0.5, 0.6) is 0 Å². The molecule has 27 heavy (non-hydrogen) atoms. The first-order valence-electron chi connectivity index (χ1n) is 9.74. The largest absolute Gasteiger partial charge is 0.328 e. The molecular weight excluding hydrogens is 344 g/mol. The van der Waals surface area contributed by atoms with Crippen LogP contribution in [0.2, 0.25) is 0 Å². The van der Waals surface area contributed by atoms with E-state index in [4.69, 9.17) is 5.73 Å². The topological polar surface area (TPSA) is 105 Å². The van der Waals surface area contributed by atoms with Gasteiger partial charge in [-0.1, -0.05) is 18.2 Å². The fraction of sp³-hybridized carbons (Fsp3) is 0.550. The molecule has 4 rings (SSSR count). The molecule has 1 saturated carbocycles. The summed E-state index contributed by atoms with van der Waals surface area (Å²) in [5, 5.41) is 5.82. The Labute approximate surface area is 158 Å². The maximum absolute atomic E-state index is 13.0. The molecule has 7 heteroatoms. The van der Waals surface area contributed by atoms with Crippen LogP contribution in [-0.2, 0) is 22.7 Å². The second-order valence-corrected chi connectivity index (χ2v) is 7.92. The van der Waals surface area contributed by atoms with Crippen molar-refractivity contribution in [3.8, 4) is 0 Å². The predicted molar refractivity (Wildman–Crippen MR) is 99.5 cm³/mol. The van der Waals surface area contributed by atoms with Gasteiger partial charge in [0.15, 0.2) is 0 Å². The highest BCUT2D eigenvalue weighted by Gasteiger charge is 2.39. The summed E-state index contributed by atoms with van der Waals surface area (Å²) in [6, 6.07) is 5.63. The second-order valence-electron chi connectivity index (χ2n) is 7.92. The van der Waals surface area contributed by atoms with Gasteiger partial charge in [0.2, 0.25) is 11.8 Å². The normalized spacial score (nSPS) is 27.8. The third-order valence-corrected chi connectivity index (χ3v) is 5.97. The molecule has 0 bridgehead atoms. The van der Waals surface area contributed by atoms with Crippen molar-refractivity contribution in [3.63, 3.8) is 0 Å². The van der Waals surface area contributed by atoms with E-state index in [-0.39, 0.29) is 24.1 Å². The van der Waals surface area contributed by atoms with E-state index in [1.807, 2.05) is 18.2 Å². The number of nitrogens with two attached hydrogens (primary N) is 1. The zero-order chi connectivity index (χ0) is 19.0. The van der Waals surface area contributed by atoms with Gasteiger partial charge < -0.3 is 16.0 Å². The van der Waals surface area contributed by atoms with Crippen LogP contribution in [0.3, 0.4) is 0 Å². The molecule has 4 N–H and O–H groups in total. The molecule has 0 spiro atoms. The summed E-state index contributed by atoms with van der Waals surface area (Å²) in [4.78, 5) is 38.2. The minimum atomic E-state index is -0.566. The predicted octanol–water partition coefficient (Wildman–Crippen LogP) is 0.665. The van der Waals surface area contributed by atoms with Gasteiger partial charge in [0, 0.05) is 31.1 Å². The number of carbonyl (C=O) groups is 3. The molecule has 1 aromatic carbocycles. The zero-order valence-corrected chi connectivity index (χ0v) is 15.4. The molecule has 1 aromatic rings. The van der Waals surface area contributed by atoms with Crippen LogP contribution in [0.15, 0.2) is 18.2 Å². The molecule has 3 amide bonds. The lowest BCUT2D eigenvalue weighted by atomic mass is 10.0. The van der Waals surface area contributed by atoms with Gasteiger partial charge in [-0.2, -0.15) is 0 Å². The molecule has 1 unspecified atom stereocenters. The molecular formula is C20H26N4O3. The van der Waals surface area contributed by atoms with E-state index in [0.717, 1.165) is 36.9 Å². The van der Waals surface area contributed by atoms with Crippen molar-refractivity contribution in [2.45, 2.75) is 57.3 Å². The molecule has 0 radical (unpaired) electrons. The highest BCUT2D eigenvalue weighted by Crippen LogP contribution is 2.30. The standard InChI is InChI=1S/C20H26N4O3/c21-15-5-4-12(8-15)9-22-10-13-2-1-3-14-11-24(20(27)18(13)14)16-6-7-17(25)23-19(16)26/h1-3,12,15-16,22H,4-11,21H2,(H,23,25,26)/t12-,15+,16?/m0/s1. The summed E-state index contributed by atoms with van der Waals surface area (Å²) in [7, 11) is 0. The van der Waals surface area contributed by atoms with Crippen LogP contribution >= 0.6 is 0 Å². The quantitative estimate of drug-likeness (QED) is 0.661. The number of piperidine rings is 1. The van der Waals surface area contributed by atoms with Gasteiger partial charge in [0.05, 0.1) is 0 Å². The van der Waals surface area contributed by atoms with Crippen LogP contribution in [-0.4, -0.2) is 41.2 Å². The van der Waals surface area contributed by atoms with Gasteiger partial charge in [-0.05, 0) is 49.3 Å². The highest BCUT2D eigenvalue weighted by atomic mass is 16.2. The van der Waals surface area contributed by atoms with E-state index < -0.39 is 6.04 Å². The van der Waals surface area contributed by atoms with Crippen LogP contribution in [0.25, 0.3) is 0 Å². The van der Waals surface area contributed by atoms with Crippen LogP contribution in [0, 0.1) is 5.92 Å². The average Bonchev–Trinajstić information content (AvgIpc) is 3.19. The van der Waals surface area contributed by atoms with Crippen molar-refractivity contribution in [2.24, 2.45) is 11.7 Å². The summed E-state index contributed by atoms with van der Waals surface area (Å²) >= 11 is 0. The number of hydrogen-bond donors (Lipinski definition) is 3. The summed E-state index contributed by atoms with van der Waals surface area (Å²) in [6.45, 7) is 1.96. The Morgan fingerprint density at radius 2 is 2.04 bits per heavy atom. The molecule has 2 aliphatic heterocycles. The molecule has 0 aromatic heterocycles. The van der Waals surface area contributed by atoms with E-state index in [1.165, 1.54) is 0 Å². The van der Waals surface area contributed by atoms with Crippen LogP contribution < -0.4 is 16.4 Å². The van der Waals surface area contributed by atoms with Gasteiger partial charge in [0.1, 0.15) is 6.04 Å². The van der Waals surface area contributed by atoms with Crippen molar-refractivity contribution in [1.29, 1.82) is 0 Å². The van der Waals surface area contributed by atoms with Crippen molar-refractivity contribution in [1.82, 2.24) is 15.5 Å². The number of rotatable bonds is 5. The summed E-state index contributed by atoms with van der Waals surface area (Å²) in [5.41, 5.74) is 8.60. The Morgan fingerprint density at radius 3 is 2.78 bits per heavy atom. The number of benzene rings is 1. The molecule has 3 aliphatic rings. The third-order valence-electron chi connectivity index (χ3n) is 5.97. The van der Waals surface area contributed by atoms with Gasteiger partial charge in [-0.3, -0.25) is 19.7 Å². The molecule has 144 valence electrons. The zero-order valence-electron chi connectivity index (χ0n) is 15.4. The SMILES string of the molecule is N[C@@H]1CC[C@H](CNCc2cccc3c2C(=O)N(C2CCC(=O)NC2=O)C3)C1. The number of amides is 3. The van der Waals surface area contributed by atoms with Gasteiger partial charge in [0.25, 0.3) is 5.91 Å². The lowest BCUT2D eigenvalue weighted by Crippen LogP contribution is -2.52.